The molecule has 2 rings (SSSR count). The molecular weight excluding hydrogens is 239 g/mol. The van der Waals surface area contributed by atoms with Crippen LogP contribution in [0.4, 0.5) is 15.8 Å². The Balaban J connectivity index is 2.39. The van der Waals surface area contributed by atoms with Gasteiger partial charge in [-0.2, -0.15) is 0 Å². The van der Waals surface area contributed by atoms with Crippen LogP contribution in [0.5, 0.6) is 0 Å². The van der Waals surface area contributed by atoms with Crippen LogP contribution in [0.1, 0.15) is 30.9 Å². The smallest absolute Gasteiger partial charge is 0.129 e. The molecule has 0 heterocycles. The van der Waals surface area contributed by atoms with Crippen molar-refractivity contribution in [3.05, 3.63) is 59.4 Å². The van der Waals surface area contributed by atoms with E-state index in [1.807, 2.05) is 24.3 Å². The van der Waals surface area contributed by atoms with Crippen LogP contribution in [-0.4, -0.2) is 0 Å². The first-order valence-electron chi connectivity index (χ1n) is 6.47. The maximum absolute atomic E-state index is 13.7. The molecule has 0 saturated heterocycles. The molecule has 0 spiro atoms. The highest BCUT2D eigenvalue weighted by molar-refractivity contribution is 5.66. The van der Waals surface area contributed by atoms with Crippen LogP contribution in [0.3, 0.4) is 0 Å². The highest BCUT2D eigenvalue weighted by Gasteiger charge is 2.10. The first-order valence-corrected chi connectivity index (χ1v) is 6.47. The minimum atomic E-state index is -0.269. The van der Waals surface area contributed by atoms with Gasteiger partial charge in [0.15, 0.2) is 0 Å². The summed E-state index contributed by atoms with van der Waals surface area (Å²) in [5, 5.41) is 3.29. The lowest BCUT2D eigenvalue weighted by Crippen LogP contribution is -2.06. The van der Waals surface area contributed by atoms with Crippen LogP contribution in [0.15, 0.2) is 42.5 Å². The summed E-state index contributed by atoms with van der Waals surface area (Å²) in [7, 11) is 0. The Hall–Kier alpha value is -1.87. The SMILES string of the molecule is CC(C)c1ccccc1Nc1cccc(F)c1CN. The summed E-state index contributed by atoms with van der Waals surface area (Å²) in [6, 6.07) is 13.0. The van der Waals surface area contributed by atoms with Gasteiger partial charge in [0.05, 0.1) is 0 Å². The van der Waals surface area contributed by atoms with Crippen LogP contribution >= 0.6 is 0 Å². The standard InChI is InChI=1S/C16H19FN2/c1-11(2)12-6-3-4-8-15(12)19-16-9-5-7-14(17)13(16)10-18/h3-9,11,19H,10,18H2,1-2H3. The van der Waals surface area contributed by atoms with Crippen LogP contribution in [0.2, 0.25) is 0 Å². The molecule has 0 unspecified atom stereocenters. The molecular formula is C16H19FN2. The zero-order valence-corrected chi connectivity index (χ0v) is 11.3. The first-order chi connectivity index (χ1) is 9.13. The Bertz CT molecular complexity index is 564. The van der Waals surface area contributed by atoms with Gasteiger partial charge < -0.3 is 11.1 Å². The Morgan fingerprint density at radius 1 is 1.05 bits per heavy atom. The monoisotopic (exact) mass is 258 g/mol. The maximum atomic E-state index is 13.7. The number of anilines is 2. The molecule has 0 bridgehead atoms. The molecule has 0 saturated carbocycles. The second-order valence-electron chi connectivity index (χ2n) is 4.84. The van der Waals surface area contributed by atoms with Gasteiger partial charge in [0.1, 0.15) is 5.82 Å². The van der Waals surface area contributed by atoms with Gasteiger partial charge in [-0.05, 0) is 29.7 Å². The maximum Gasteiger partial charge on any atom is 0.129 e. The van der Waals surface area contributed by atoms with Crippen LogP contribution in [-0.2, 0) is 6.54 Å². The Kier molecular flexibility index (Phi) is 4.17. The molecule has 0 atom stereocenters. The Labute approximate surface area is 113 Å². The lowest BCUT2D eigenvalue weighted by atomic mass is 10.0. The molecule has 2 nitrogen and oxygen atoms in total. The van der Waals surface area contributed by atoms with E-state index in [9.17, 15) is 4.39 Å². The third-order valence-corrected chi connectivity index (χ3v) is 3.18. The number of halogens is 1. The predicted molar refractivity (Wildman–Crippen MR) is 78.1 cm³/mol. The van der Waals surface area contributed by atoms with Gasteiger partial charge in [-0.1, -0.05) is 38.1 Å². The van der Waals surface area contributed by atoms with Crippen molar-refractivity contribution >= 4 is 11.4 Å². The van der Waals surface area contributed by atoms with Gasteiger partial charge in [-0.15, -0.1) is 0 Å². The van der Waals surface area contributed by atoms with Gasteiger partial charge >= 0.3 is 0 Å². The number of nitrogens with one attached hydrogen (secondary N) is 1. The molecule has 0 radical (unpaired) electrons. The van der Waals surface area contributed by atoms with Gasteiger partial charge in [-0.3, -0.25) is 0 Å². The highest BCUT2D eigenvalue weighted by atomic mass is 19.1. The molecule has 0 amide bonds. The lowest BCUT2D eigenvalue weighted by molar-refractivity contribution is 0.611. The quantitative estimate of drug-likeness (QED) is 0.864. The molecule has 0 aliphatic carbocycles. The van der Waals surface area contributed by atoms with Crippen LogP contribution in [0.25, 0.3) is 0 Å². The second-order valence-corrected chi connectivity index (χ2v) is 4.84. The van der Waals surface area contributed by atoms with Crippen LogP contribution < -0.4 is 11.1 Å². The Morgan fingerprint density at radius 3 is 2.42 bits per heavy atom. The zero-order valence-electron chi connectivity index (χ0n) is 11.3. The number of hydrogen-bond donors (Lipinski definition) is 2. The Morgan fingerprint density at radius 2 is 1.74 bits per heavy atom. The largest absolute Gasteiger partial charge is 0.355 e. The third kappa shape index (κ3) is 2.93. The van der Waals surface area contributed by atoms with E-state index in [-0.39, 0.29) is 12.4 Å². The van der Waals surface area contributed by atoms with Gasteiger partial charge in [0.2, 0.25) is 0 Å². The van der Waals surface area contributed by atoms with E-state index in [0.717, 1.165) is 11.4 Å². The number of para-hydroxylation sites is 1. The predicted octanol–water partition coefficient (Wildman–Crippen LogP) is 4.15. The topological polar surface area (TPSA) is 38.0 Å². The minimum absolute atomic E-state index is 0.179. The average Bonchev–Trinajstić information content (AvgIpc) is 2.39. The molecule has 0 fully saturated rings. The third-order valence-electron chi connectivity index (χ3n) is 3.18. The van der Waals surface area contributed by atoms with E-state index in [4.69, 9.17) is 5.73 Å². The van der Waals surface area contributed by atoms with Crippen molar-refractivity contribution in [2.45, 2.75) is 26.3 Å². The number of benzene rings is 2. The van der Waals surface area contributed by atoms with E-state index in [2.05, 4.69) is 25.2 Å². The fraction of sp³-hybridized carbons (Fsp3) is 0.250. The van der Waals surface area contributed by atoms with Gasteiger partial charge in [0.25, 0.3) is 0 Å². The summed E-state index contributed by atoms with van der Waals surface area (Å²) in [6.07, 6.45) is 0. The van der Waals surface area contributed by atoms with Crippen molar-refractivity contribution in [2.75, 3.05) is 5.32 Å². The highest BCUT2D eigenvalue weighted by Crippen LogP contribution is 2.29. The summed E-state index contributed by atoms with van der Waals surface area (Å²) in [5.74, 6) is 0.133. The first kappa shape index (κ1) is 13.6. The van der Waals surface area contributed by atoms with Crippen molar-refractivity contribution in [3.63, 3.8) is 0 Å². The fourth-order valence-corrected chi connectivity index (χ4v) is 2.14. The number of rotatable bonds is 4. The molecule has 3 heteroatoms. The summed E-state index contributed by atoms with van der Waals surface area (Å²) in [5.41, 5.74) is 9.07. The molecule has 3 N–H and O–H groups in total. The molecule has 0 aliphatic heterocycles. The molecule has 2 aromatic carbocycles. The van der Waals surface area contributed by atoms with Crippen molar-refractivity contribution in [1.82, 2.24) is 0 Å². The molecule has 0 aliphatic rings. The van der Waals surface area contributed by atoms with E-state index in [1.54, 1.807) is 6.07 Å². The molecule has 100 valence electrons. The van der Waals surface area contributed by atoms with Crippen molar-refractivity contribution in [3.8, 4) is 0 Å². The normalized spacial score (nSPS) is 10.8. The van der Waals surface area contributed by atoms with E-state index in [1.165, 1.54) is 11.6 Å². The second kappa shape index (κ2) is 5.85. The molecule has 2 aromatic rings. The summed E-state index contributed by atoms with van der Waals surface area (Å²) in [6.45, 7) is 4.45. The zero-order chi connectivity index (χ0) is 13.8. The summed E-state index contributed by atoms with van der Waals surface area (Å²) < 4.78 is 13.7. The van der Waals surface area contributed by atoms with Gasteiger partial charge in [-0.25, -0.2) is 4.39 Å². The van der Waals surface area contributed by atoms with E-state index >= 15 is 0 Å². The van der Waals surface area contributed by atoms with Crippen LogP contribution in [0, 0.1) is 5.82 Å². The van der Waals surface area contributed by atoms with Gasteiger partial charge in [0, 0.05) is 23.5 Å². The van der Waals surface area contributed by atoms with Crippen molar-refractivity contribution in [1.29, 1.82) is 0 Å². The summed E-state index contributed by atoms with van der Waals surface area (Å²) in [4.78, 5) is 0. The van der Waals surface area contributed by atoms with Crippen molar-refractivity contribution < 1.29 is 4.39 Å². The molecule has 19 heavy (non-hydrogen) atoms. The average molecular weight is 258 g/mol. The van der Waals surface area contributed by atoms with E-state index < -0.39 is 0 Å². The molecule has 0 aromatic heterocycles. The fourth-order valence-electron chi connectivity index (χ4n) is 2.14. The van der Waals surface area contributed by atoms with E-state index in [0.29, 0.717) is 11.5 Å². The lowest BCUT2D eigenvalue weighted by Gasteiger charge is -2.16. The minimum Gasteiger partial charge on any atom is -0.355 e. The summed E-state index contributed by atoms with van der Waals surface area (Å²) >= 11 is 0. The number of nitrogens with two attached hydrogens (primary N) is 1. The number of hydrogen-bond acceptors (Lipinski definition) is 2. The van der Waals surface area contributed by atoms with Crippen molar-refractivity contribution in [2.24, 2.45) is 5.73 Å².